The van der Waals surface area contributed by atoms with Crippen LogP contribution in [0, 0.1) is 6.92 Å². The van der Waals surface area contributed by atoms with Crippen LogP contribution in [0.4, 0.5) is 0 Å². The van der Waals surface area contributed by atoms with Gasteiger partial charge >= 0.3 is 0 Å². The van der Waals surface area contributed by atoms with Crippen LogP contribution in [-0.2, 0) is 25.9 Å². The molecule has 0 unspecified atom stereocenters. The molecule has 3 aromatic rings. The first-order valence-electron chi connectivity index (χ1n) is 11.9. The van der Waals surface area contributed by atoms with Crippen molar-refractivity contribution in [2.75, 3.05) is 13.0 Å². The van der Waals surface area contributed by atoms with Gasteiger partial charge in [-0.3, -0.25) is 9.55 Å². The molecule has 2 aromatic heterocycles. The highest BCUT2D eigenvalue weighted by Gasteiger charge is 2.32. The van der Waals surface area contributed by atoms with E-state index < -0.39 is 10.0 Å². The molecule has 0 radical (unpaired) electrons. The lowest BCUT2D eigenvalue weighted by atomic mass is 9.86. The van der Waals surface area contributed by atoms with Crippen LogP contribution in [0.15, 0.2) is 60.5 Å². The fraction of sp³-hybridized carbons (Fsp3) is 0.385. The summed E-state index contributed by atoms with van der Waals surface area (Å²) in [6, 6.07) is 16.1. The topological polar surface area (TPSA) is 95.3 Å². The number of nitrogens with zero attached hydrogens (tertiary/aromatic N) is 3. The fourth-order valence-electron chi connectivity index (χ4n) is 4.90. The number of hydrogen-bond donors (Lipinski definition) is 1. The lowest BCUT2D eigenvalue weighted by molar-refractivity contribution is 0.0821. The summed E-state index contributed by atoms with van der Waals surface area (Å²) in [7, 11) is -3.22. The van der Waals surface area contributed by atoms with E-state index in [0.717, 1.165) is 59.9 Å². The van der Waals surface area contributed by atoms with Gasteiger partial charge in [0.15, 0.2) is 5.76 Å². The molecule has 1 aliphatic heterocycles. The van der Waals surface area contributed by atoms with E-state index in [1.54, 1.807) is 0 Å². The highest BCUT2D eigenvalue weighted by atomic mass is 32.2. The second kappa shape index (κ2) is 9.83. The van der Waals surface area contributed by atoms with E-state index in [-0.39, 0.29) is 18.8 Å². The molecular formula is C26H30N4O4S. The van der Waals surface area contributed by atoms with Crippen LogP contribution in [-0.4, -0.2) is 42.0 Å². The summed E-state index contributed by atoms with van der Waals surface area (Å²) >= 11 is 0. The number of aryl methyl sites for hydroxylation is 1. The maximum Gasteiger partial charge on any atom is 0.242 e. The highest BCUT2D eigenvalue weighted by molar-refractivity contribution is 7.88. The number of aromatic nitrogens is 3. The zero-order valence-corrected chi connectivity index (χ0v) is 20.8. The smallest absolute Gasteiger partial charge is 0.242 e. The molecule has 3 heterocycles. The minimum atomic E-state index is -3.22. The Morgan fingerprint density at radius 3 is 2.51 bits per heavy atom. The molecule has 1 aromatic carbocycles. The summed E-state index contributed by atoms with van der Waals surface area (Å²) in [5.41, 5.74) is 3.73. The molecule has 1 fully saturated rings. The van der Waals surface area contributed by atoms with E-state index in [4.69, 9.17) is 19.4 Å². The summed E-state index contributed by atoms with van der Waals surface area (Å²) in [4.78, 5) is 9.58. The number of allylic oxidation sites excluding steroid dienone is 1. The lowest BCUT2D eigenvalue weighted by Crippen LogP contribution is -2.36. The van der Waals surface area contributed by atoms with E-state index in [0.29, 0.717) is 12.3 Å². The third-order valence-corrected chi connectivity index (χ3v) is 7.25. The monoisotopic (exact) mass is 494 g/mol. The zero-order valence-electron chi connectivity index (χ0n) is 20.0. The molecule has 1 aliphatic carbocycles. The van der Waals surface area contributed by atoms with Crippen molar-refractivity contribution in [3.8, 4) is 11.4 Å². The first-order valence-corrected chi connectivity index (χ1v) is 13.8. The summed E-state index contributed by atoms with van der Waals surface area (Å²) < 4.78 is 40.2. The van der Waals surface area contributed by atoms with Gasteiger partial charge in [-0.15, -0.1) is 0 Å². The van der Waals surface area contributed by atoms with Gasteiger partial charge in [-0.2, -0.15) is 0 Å². The number of ether oxygens (including phenoxy) is 2. The highest BCUT2D eigenvalue weighted by Crippen LogP contribution is 2.38. The number of pyridine rings is 1. The van der Waals surface area contributed by atoms with Gasteiger partial charge in [-0.1, -0.05) is 36.4 Å². The number of nitrogens with one attached hydrogen (secondary N) is 1. The van der Waals surface area contributed by atoms with Gasteiger partial charge in [-0.25, -0.2) is 18.1 Å². The number of rotatable bonds is 7. The molecule has 0 amide bonds. The van der Waals surface area contributed by atoms with Gasteiger partial charge in [0.2, 0.25) is 22.7 Å². The van der Waals surface area contributed by atoms with Crippen molar-refractivity contribution >= 4 is 15.9 Å². The van der Waals surface area contributed by atoms with Crippen molar-refractivity contribution in [1.82, 2.24) is 19.3 Å². The maximum atomic E-state index is 11.7. The van der Waals surface area contributed by atoms with Crippen LogP contribution in [0.1, 0.15) is 48.7 Å². The number of sulfonamides is 1. The normalized spacial score (nSPS) is 20.5. The minimum Gasteiger partial charge on any atom is -0.456 e. The average Bonchev–Trinajstić information content (AvgIpc) is 3.46. The molecule has 8 nitrogen and oxygen atoms in total. The predicted molar refractivity (Wildman–Crippen MR) is 134 cm³/mol. The van der Waals surface area contributed by atoms with Crippen molar-refractivity contribution in [3.05, 3.63) is 77.6 Å². The second-order valence-electron chi connectivity index (χ2n) is 9.24. The summed E-state index contributed by atoms with van der Waals surface area (Å²) in [6.07, 6.45) is 6.85. The molecular weight excluding hydrogens is 464 g/mol. The molecule has 1 saturated carbocycles. The first-order chi connectivity index (χ1) is 16.9. The van der Waals surface area contributed by atoms with E-state index in [9.17, 15) is 8.42 Å². The third kappa shape index (κ3) is 5.41. The fourth-order valence-corrected chi connectivity index (χ4v) is 5.74. The first kappa shape index (κ1) is 23.6. The molecule has 0 spiro atoms. The molecule has 35 heavy (non-hydrogen) atoms. The molecule has 1 N–H and O–H groups in total. The van der Waals surface area contributed by atoms with E-state index in [1.165, 1.54) is 6.26 Å². The van der Waals surface area contributed by atoms with Gasteiger partial charge in [0.25, 0.3) is 0 Å². The Morgan fingerprint density at radius 2 is 1.80 bits per heavy atom. The number of hydrogen-bond acceptors (Lipinski definition) is 6. The molecule has 0 atom stereocenters. The maximum absolute atomic E-state index is 11.7. The van der Waals surface area contributed by atoms with Crippen LogP contribution >= 0.6 is 0 Å². The van der Waals surface area contributed by atoms with Crippen molar-refractivity contribution in [1.29, 1.82) is 0 Å². The Labute approximate surface area is 206 Å². The Morgan fingerprint density at radius 1 is 1.03 bits per heavy atom. The third-order valence-electron chi connectivity index (χ3n) is 6.49. The molecule has 0 saturated heterocycles. The SMILES string of the molecule is Cc1cccc(-c2cnc(C3CCC(NS(C)(=O)=O)CC3)n2C2=C(Cc3ccccc3)OCO2)n1. The summed E-state index contributed by atoms with van der Waals surface area (Å²) in [5, 5.41) is 0. The van der Waals surface area contributed by atoms with Crippen molar-refractivity contribution in [3.63, 3.8) is 0 Å². The van der Waals surface area contributed by atoms with Crippen LogP contribution in [0.2, 0.25) is 0 Å². The Bertz CT molecular complexity index is 1330. The molecule has 9 heteroatoms. The average molecular weight is 495 g/mol. The largest absolute Gasteiger partial charge is 0.456 e. The van der Waals surface area contributed by atoms with Gasteiger partial charge in [0.1, 0.15) is 5.82 Å². The van der Waals surface area contributed by atoms with Gasteiger partial charge in [0.05, 0.1) is 23.8 Å². The minimum absolute atomic E-state index is 0.0403. The van der Waals surface area contributed by atoms with E-state index in [1.807, 2.05) is 49.5 Å². The van der Waals surface area contributed by atoms with E-state index >= 15 is 0 Å². The molecule has 2 aliphatic rings. The number of benzene rings is 1. The zero-order chi connectivity index (χ0) is 24.4. The quantitative estimate of drug-likeness (QED) is 0.529. The molecule has 184 valence electrons. The van der Waals surface area contributed by atoms with Crippen molar-refractivity contribution in [2.45, 2.75) is 51.0 Å². The Hall–Kier alpha value is -3.17. The van der Waals surface area contributed by atoms with Gasteiger partial charge < -0.3 is 9.47 Å². The molecule has 0 bridgehead atoms. The van der Waals surface area contributed by atoms with Crippen molar-refractivity contribution < 1.29 is 17.9 Å². The molecule has 5 rings (SSSR count). The van der Waals surface area contributed by atoms with Gasteiger partial charge in [0, 0.05) is 24.1 Å². The van der Waals surface area contributed by atoms with Crippen LogP contribution in [0.5, 0.6) is 0 Å². The number of imidazole rings is 1. The Balaban J connectivity index is 1.52. The van der Waals surface area contributed by atoms with Crippen LogP contribution in [0.25, 0.3) is 17.3 Å². The standard InChI is InChI=1S/C26H30N4O4S/c1-18-7-6-10-22(28-18)23-16-27-25(20-11-13-21(14-12-20)29-35(2,31)32)30(23)26-24(33-17-34-26)15-19-8-4-3-5-9-19/h3-10,16,20-21,29H,11-15,17H2,1-2H3. The van der Waals surface area contributed by atoms with Crippen molar-refractivity contribution in [2.24, 2.45) is 0 Å². The second-order valence-corrected chi connectivity index (χ2v) is 11.0. The predicted octanol–water partition coefficient (Wildman–Crippen LogP) is 4.20. The summed E-state index contributed by atoms with van der Waals surface area (Å²) in [5.74, 6) is 2.47. The summed E-state index contributed by atoms with van der Waals surface area (Å²) in [6.45, 7) is 2.12. The van der Waals surface area contributed by atoms with E-state index in [2.05, 4.69) is 21.4 Å². The lowest BCUT2D eigenvalue weighted by Gasteiger charge is -2.28. The van der Waals surface area contributed by atoms with Gasteiger partial charge in [-0.05, 0) is 50.3 Å². The Kier molecular flexibility index (Phi) is 6.62. The van der Waals surface area contributed by atoms with Crippen LogP contribution in [0.3, 0.4) is 0 Å². The van der Waals surface area contributed by atoms with Crippen LogP contribution < -0.4 is 4.72 Å².